The van der Waals surface area contributed by atoms with Gasteiger partial charge in [0.25, 0.3) is 0 Å². The lowest BCUT2D eigenvalue weighted by molar-refractivity contribution is 0.653. The first-order valence-electron chi connectivity index (χ1n) is 11.9. The van der Waals surface area contributed by atoms with Crippen LogP contribution >= 0.6 is 0 Å². The van der Waals surface area contributed by atoms with Gasteiger partial charge in [0.05, 0.1) is 12.2 Å². The number of aromatic amines is 1. The summed E-state index contributed by atoms with van der Waals surface area (Å²) >= 11 is 0. The Kier molecular flexibility index (Phi) is 6.61. The third-order valence-corrected chi connectivity index (χ3v) is 6.12. The number of hydrogen-bond donors (Lipinski definition) is 1. The van der Waals surface area contributed by atoms with E-state index >= 15 is 0 Å². The Morgan fingerprint density at radius 1 is 0.943 bits per heavy atom. The number of nitrogens with one attached hydrogen (secondary N) is 1. The standard InChI is InChI=1S/C27H27N7O/c1-2-3-5-11-23-19-34(22-9-6-4-7-10-22)27(35)33(23)18-20-13-15-21(16-14-20)24-12-8-17-28-25(24)26-29-31-32-30-26/h4,6-10,12-17,19H,2-3,5,11,18H2,1H3,(H,29,30,31,32). The maximum Gasteiger partial charge on any atom is 0.333 e. The number of pyridine rings is 1. The van der Waals surface area contributed by atoms with E-state index in [2.05, 4.69) is 56.8 Å². The van der Waals surface area contributed by atoms with Crippen molar-refractivity contribution in [2.24, 2.45) is 0 Å². The zero-order chi connectivity index (χ0) is 24.0. The van der Waals surface area contributed by atoms with Crippen LogP contribution in [0.25, 0.3) is 28.3 Å². The molecule has 0 unspecified atom stereocenters. The van der Waals surface area contributed by atoms with Crippen LogP contribution in [0.5, 0.6) is 0 Å². The average Bonchev–Trinajstić information content (AvgIpc) is 3.55. The Labute approximate surface area is 203 Å². The third kappa shape index (κ3) is 4.82. The molecule has 0 amide bonds. The summed E-state index contributed by atoms with van der Waals surface area (Å²) in [5, 5.41) is 14.1. The number of rotatable bonds is 9. The molecular weight excluding hydrogens is 438 g/mol. The van der Waals surface area contributed by atoms with Crippen LogP contribution in [0.15, 0.2) is 83.9 Å². The maximum atomic E-state index is 13.4. The molecule has 8 nitrogen and oxygen atoms in total. The summed E-state index contributed by atoms with van der Waals surface area (Å²) in [7, 11) is 0. The van der Waals surface area contributed by atoms with Gasteiger partial charge in [-0.1, -0.05) is 68.3 Å². The summed E-state index contributed by atoms with van der Waals surface area (Å²) in [5.74, 6) is 0.523. The molecule has 0 aliphatic heterocycles. The van der Waals surface area contributed by atoms with E-state index in [-0.39, 0.29) is 5.69 Å². The number of tetrazole rings is 1. The maximum absolute atomic E-state index is 13.4. The Bertz CT molecular complexity index is 1440. The van der Waals surface area contributed by atoms with Crippen molar-refractivity contribution in [3.8, 4) is 28.3 Å². The molecule has 0 spiro atoms. The molecule has 3 heterocycles. The van der Waals surface area contributed by atoms with Crippen LogP contribution in [0.4, 0.5) is 0 Å². The topological polar surface area (TPSA) is 94.3 Å². The van der Waals surface area contributed by atoms with Crippen LogP contribution in [-0.2, 0) is 13.0 Å². The van der Waals surface area contributed by atoms with Gasteiger partial charge in [0.1, 0.15) is 5.69 Å². The Balaban J connectivity index is 1.45. The van der Waals surface area contributed by atoms with Crippen molar-refractivity contribution in [1.82, 2.24) is 34.7 Å². The van der Waals surface area contributed by atoms with Crippen LogP contribution in [0, 0.1) is 0 Å². The van der Waals surface area contributed by atoms with Gasteiger partial charge in [0, 0.05) is 23.7 Å². The molecule has 176 valence electrons. The largest absolute Gasteiger partial charge is 0.333 e. The summed E-state index contributed by atoms with van der Waals surface area (Å²) in [6.07, 6.45) is 7.95. The van der Waals surface area contributed by atoms with Crippen LogP contribution < -0.4 is 5.69 Å². The zero-order valence-corrected chi connectivity index (χ0v) is 19.6. The van der Waals surface area contributed by atoms with Crippen LogP contribution in [0.2, 0.25) is 0 Å². The summed E-state index contributed by atoms with van der Waals surface area (Å²) in [4.78, 5) is 17.8. The fraction of sp³-hybridized carbons (Fsp3) is 0.222. The van der Waals surface area contributed by atoms with Gasteiger partial charge in [-0.2, -0.15) is 0 Å². The molecule has 0 radical (unpaired) electrons. The Morgan fingerprint density at radius 2 is 1.77 bits per heavy atom. The van der Waals surface area contributed by atoms with Crippen molar-refractivity contribution in [2.45, 2.75) is 39.2 Å². The fourth-order valence-electron chi connectivity index (χ4n) is 4.28. The van der Waals surface area contributed by atoms with E-state index in [1.165, 1.54) is 0 Å². The molecule has 5 aromatic rings. The molecule has 0 fully saturated rings. The zero-order valence-electron chi connectivity index (χ0n) is 19.6. The van der Waals surface area contributed by atoms with Gasteiger partial charge in [-0.15, -0.1) is 5.10 Å². The number of benzene rings is 2. The summed E-state index contributed by atoms with van der Waals surface area (Å²) in [6.45, 7) is 2.71. The number of H-pyrrole nitrogens is 1. The average molecular weight is 466 g/mol. The molecule has 35 heavy (non-hydrogen) atoms. The van der Waals surface area contributed by atoms with Gasteiger partial charge in [0.2, 0.25) is 0 Å². The first kappa shape index (κ1) is 22.5. The van der Waals surface area contributed by atoms with Crippen LogP contribution in [-0.4, -0.2) is 34.7 Å². The van der Waals surface area contributed by atoms with Crippen molar-refractivity contribution in [1.29, 1.82) is 0 Å². The molecule has 5 rings (SSSR count). The number of nitrogens with zero attached hydrogens (tertiary/aromatic N) is 6. The number of hydrogen-bond acceptors (Lipinski definition) is 5. The lowest BCUT2D eigenvalue weighted by Crippen LogP contribution is -2.24. The van der Waals surface area contributed by atoms with Gasteiger partial charge >= 0.3 is 5.69 Å². The number of aryl methyl sites for hydroxylation is 1. The molecule has 1 N–H and O–H groups in total. The molecule has 0 saturated heterocycles. The number of para-hydroxylation sites is 1. The minimum atomic E-state index is -0.0147. The predicted octanol–water partition coefficient (Wildman–Crippen LogP) is 4.66. The van der Waals surface area contributed by atoms with E-state index < -0.39 is 0 Å². The number of imidazole rings is 1. The SMILES string of the molecule is CCCCCc1cn(-c2ccccc2)c(=O)n1Cc1ccc(-c2cccnc2-c2nnn[nH]2)cc1. The van der Waals surface area contributed by atoms with E-state index in [4.69, 9.17) is 0 Å². The second-order valence-corrected chi connectivity index (χ2v) is 8.50. The number of aromatic nitrogens is 7. The van der Waals surface area contributed by atoms with Crippen molar-refractivity contribution in [3.63, 3.8) is 0 Å². The second-order valence-electron chi connectivity index (χ2n) is 8.50. The first-order valence-corrected chi connectivity index (χ1v) is 11.9. The quantitative estimate of drug-likeness (QED) is 0.320. The Morgan fingerprint density at radius 3 is 2.51 bits per heavy atom. The van der Waals surface area contributed by atoms with E-state index in [1.807, 2.05) is 53.2 Å². The fourth-order valence-corrected chi connectivity index (χ4v) is 4.28. The minimum Gasteiger partial charge on any atom is -0.292 e. The van der Waals surface area contributed by atoms with Crippen LogP contribution in [0.3, 0.4) is 0 Å². The van der Waals surface area contributed by atoms with Gasteiger partial charge in [0.15, 0.2) is 5.82 Å². The number of unbranched alkanes of at least 4 members (excludes halogenated alkanes) is 2. The second kappa shape index (κ2) is 10.3. The molecule has 0 aliphatic carbocycles. The normalized spacial score (nSPS) is 11.1. The molecule has 2 aromatic carbocycles. The monoisotopic (exact) mass is 465 g/mol. The summed E-state index contributed by atoms with van der Waals surface area (Å²) in [5.41, 5.74) is 5.62. The lowest BCUT2D eigenvalue weighted by Gasteiger charge is -2.10. The molecule has 0 saturated carbocycles. The highest BCUT2D eigenvalue weighted by Gasteiger charge is 2.14. The highest BCUT2D eigenvalue weighted by atomic mass is 16.1. The van der Waals surface area contributed by atoms with E-state index in [0.29, 0.717) is 18.1 Å². The highest BCUT2D eigenvalue weighted by molar-refractivity contribution is 5.77. The highest BCUT2D eigenvalue weighted by Crippen LogP contribution is 2.28. The van der Waals surface area contributed by atoms with Crippen molar-refractivity contribution in [3.05, 3.63) is 101 Å². The lowest BCUT2D eigenvalue weighted by atomic mass is 10.0. The minimum absolute atomic E-state index is 0.0147. The third-order valence-electron chi connectivity index (χ3n) is 6.12. The predicted molar refractivity (Wildman–Crippen MR) is 135 cm³/mol. The molecule has 3 aromatic heterocycles. The van der Waals surface area contributed by atoms with Gasteiger partial charge in [-0.25, -0.2) is 9.89 Å². The van der Waals surface area contributed by atoms with E-state index in [9.17, 15) is 4.79 Å². The molecule has 8 heteroatoms. The van der Waals surface area contributed by atoms with Crippen LogP contribution in [0.1, 0.15) is 37.4 Å². The smallest absolute Gasteiger partial charge is 0.292 e. The van der Waals surface area contributed by atoms with E-state index in [0.717, 1.165) is 53.8 Å². The van der Waals surface area contributed by atoms with Crippen molar-refractivity contribution < 1.29 is 0 Å². The first-order chi connectivity index (χ1) is 17.2. The Hall–Kier alpha value is -4.33. The van der Waals surface area contributed by atoms with E-state index in [1.54, 1.807) is 10.8 Å². The van der Waals surface area contributed by atoms with Gasteiger partial charge in [-0.3, -0.25) is 14.1 Å². The molecule has 0 bridgehead atoms. The molecule has 0 aliphatic rings. The van der Waals surface area contributed by atoms with Crippen molar-refractivity contribution >= 4 is 0 Å². The molecular formula is C27H27N7O. The summed E-state index contributed by atoms with van der Waals surface area (Å²) in [6, 6.07) is 21.9. The van der Waals surface area contributed by atoms with Gasteiger partial charge in [-0.05, 0) is 52.6 Å². The van der Waals surface area contributed by atoms with Crippen molar-refractivity contribution in [2.75, 3.05) is 0 Å². The van der Waals surface area contributed by atoms with Gasteiger partial charge < -0.3 is 0 Å². The summed E-state index contributed by atoms with van der Waals surface area (Å²) < 4.78 is 3.65. The molecule has 0 atom stereocenters.